The zero-order valence-electron chi connectivity index (χ0n) is 15.6. The lowest BCUT2D eigenvalue weighted by Crippen LogP contribution is -2.28. The van der Waals surface area contributed by atoms with Crippen molar-refractivity contribution in [3.05, 3.63) is 46.0 Å². The van der Waals surface area contributed by atoms with Gasteiger partial charge in [0.05, 0.1) is 17.6 Å². The Hall–Kier alpha value is -4.09. The number of nitro groups is 1. The van der Waals surface area contributed by atoms with Crippen LogP contribution in [0.25, 0.3) is 0 Å². The van der Waals surface area contributed by atoms with Crippen molar-refractivity contribution in [1.29, 1.82) is 0 Å². The first-order valence-corrected chi connectivity index (χ1v) is 8.43. The average molecular weight is 404 g/mol. The summed E-state index contributed by atoms with van der Waals surface area (Å²) in [5, 5.41) is 38.6. The summed E-state index contributed by atoms with van der Waals surface area (Å²) in [7, 11) is 0. The molecule has 1 heterocycles. The van der Waals surface area contributed by atoms with Crippen LogP contribution in [0.5, 0.6) is 5.75 Å². The number of ether oxygens (including phenoxy) is 1. The van der Waals surface area contributed by atoms with Gasteiger partial charge in [-0.3, -0.25) is 15.4 Å². The number of oxime groups is 1. The van der Waals surface area contributed by atoms with Crippen LogP contribution in [0.4, 0.5) is 27.8 Å². The maximum absolute atomic E-state index is 11.6. The molecule has 0 bridgehead atoms. The Morgan fingerprint density at radius 1 is 1.41 bits per heavy atom. The molecule has 1 amide bonds. The Bertz CT molecular complexity index is 931. The van der Waals surface area contributed by atoms with E-state index in [1.165, 1.54) is 30.3 Å². The minimum absolute atomic E-state index is 0.0267. The number of nitrogens with one attached hydrogen (secondary N) is 2. The van der Waals surface area contributed by atoms with Crippen LogP contribution in [0, 0.1) is 10.1 Å². The van der Waals surface area contributed by atoms with Crippen LogP contribution in [-0.4, -0.2) is 44.7 Å². The summed E-state index contributed by atoms with van der Waals surface area (Å²) in [5.74, 6) is -0.460. The van der Waals surface area contributed by atoms with E-state index < -0.39 is 28.6 Å². The number of benzene rings is 1. The summed E-state index contributed by atoms with van der Waals surface area (Å²) in [6.45, 7) is 3.34. The van der Waals surface area contributed by atoms with Gasteiger partial charge in [0, 0.05) is 11.6 Å². The number of carbonyl (C=O) groups is 1. The molecule has 29 heavy (non-hydrogen) atoms. The first kappa shape index (κ1) is 21.2. The topological polar surface area (TPSA) is 185 Å². The lowest BCUT2D eigenvalue weighted by Gasteiger charge is -2.18. The molecule has 0 saturated carbocycles. The Morgan fingerprint density at radius 3 is 2.62 bits per heavy atom. The lowest BCUT2D eigenvalue weighted by atomic mass is 10.0. The Labute approximate surface area is 165 Å². The minimum Gasteiger partial charge on any atom is -0.508 e. The van der Waals surface area contributed by atoms with Gasteiger partial charge in [0.25, 0.3) is 0 Å². The molecule has 0 aliphatic carbocycles. The molecule has 0 aliphatic heterocycles. The summed E-state index contributed by atoms with van der Waals surface area (Å²) in [5.41, 5.74) is 5.75. The van der Waals surface area contributed by atoms with Crippen molar-refractivity contribution >= 4 is 34.8 Å². The highest BCUT2D eigenvalue weighted by molar-refractivity contribution is 6.05. The van der Waals surface area contributed by atoms with Crippen LogP contribution in [0.15, 0.2) is 35.5 Å². The van der Waals surface area contributed by atoms with Crippen molar-refractivity contribution in [3.8, 4) is 5.75 Å². The van der Waals surface area contributed by atoms with Crippen molar-refractivity contribution < 1.29 is 24.8 Å². The molecule has 1 aromatic carbocycles. The number of rotatable bonds is 7. The number of hydrogen-bond donors (Lipinski definition) is 5. The standard InChI is InChI=1S/C17H20N6O6/c1-3-29-17(25)21-13-8-12(15(23(27)28)16(18)20-13)19-9(2)14(22-26)10-4-6-11(24)7-5-10/h4-9,24,26H,3H2,1-2H3,(H4,18,19,20,21,25)/b22-14+/t9-/m0/s1. The van der Waals surface area contributed by atoms with Crippen LogP contribution in [0.2, 0.25) is 0 Å². The van der Waals surface area contributed by atoms with E-state index >= 15 is 0 Å². The van der Waals surface area contributed by atoms with Gasteiger partial charge in [-0.05, 0) is 38.1 Å². The monoisotopic (exact) mass is 404 g/mol. The van der Waals surface area contributed by atoms with Crippen molar-refractivity contribution in [2.75, 3.05) is 23.0 Å². The van der Waals surface area contributed by atoms with Crippen molar-refractivity contribution in [2.24, 2.45) is 5.16 Å². The third-order valence-corrected chi connectivity index (χ3v) is 3.76. The molecule has 0 fully saturated rings. The van der Waals surface area contributed by atoms with E-state index in [0.29, 0.717) is 5.56 Å². The van der Waals surface area contributed by atoms with Crippen molar-refractivity contribution in [1.82, 2.24) is 4.98 Å². The molecule has 0 radical (unpaired) electrons. The van der Waals surface area contributed by atoms with Gasteiger partial charge in [0.15, 0.2) is 0 Å². The lowest BCUT2D eigenvalue weighted by molar-refractivity contribution is -0.383. The Kier molecular flexibility index (Phi) is 6.74. The molecular weight excluding hydrogens is 384 g/mol. The number of nitrogens with zero attached hydrogens (tertiary/aromatic N) is 3. The first-order valence-electron chi connectivity index (χ1n) is 8.43. The molecule has 1 aromatic heterocycles. The number of aromatic hydroxyl groups is 1. The fourth-order valence-electron chi connectivity index (χ4n) is 2.52. The smallest absolute Gasteiger partial charge is 0.412 e. The maximum Gasteiger partial charge on any atom is 0.412 e. The van der Waals surface area contributed by atoms with Crippen LogP contribution in [-0.2, 0) is 4.74 Å². The number of amides is 1. The normalized spacial score (nSPS) is 12.1. The molecule has 2 rings (SSSR count). The number of carbonyl (C=O) groups excluding carboxylic acids is 1. The second kappa shape index (κ2) is 9.21. The summed E-state index contributed by atoms with van der Waals surface area (Å²) in [6.07, 6.45) is -0.797. The van der Waals surface area contributed by atoms with E-state index in [1.54, 1.807) is 13.8 Å². The number of anilines is 3. The average Bonchev–Trinajstić information content (AvgIpc) is 2.63. The van der Waals surface area contributed by atoms with Gasteiger partial charge >= 0.3 is 11.8 Å². The van der Waals surface area contributed by atoms with E-state index in [-0.39, 0.29) is 29.6 Å². The highest BCUT2D eigenvalue weighted by Crippen LogP contribution is 2.33. The number of pyridine rings is 1. The molecule has 6 N–H and O–H groups in total. The second-order valence-corrected chi connectivity index (χ2v) is 5.79. The van der Waals surface area contributed by atoms with Gasteiger partial charge in [0.2, 0.25) is 5.82 Å². The van der Waals surface area contributed by atoms with Gasteiger partial charge < -0.3 is 26.1 Å². The van der Waals surface area contributed by atoms with Crippen LogP contribution < -0.4 is 16.4 Å². The zero-order chi connectivity index (χ0) is 21.6. The number of aromatic nitrogens is 1. The molecule has 12 heteroatoms. The summed E-state index contributed by atoms with van der Waals surface area (Å²) in [4.78, 5) is 26.1. The molecule has 2 aromatic rings. The SMILES string of the molecule is CCOC(=O)Nc1cc(N[C@@H](C)/C(=N\O)c2ccc(O)cc2)c([N+](=O)[O-])c(N)n1. The van der Waals surface area contributed by atoms with E-state index in [1.807, 2.05) is 0 Å². The maximum atomic E-state index is 11.6. The number of nitrogen functional groups attached to an aromatic ring is 1. The highest BCUT2D eigenvalue weighted by atomic mass is 16.6. The fraction of sp³-hybridized carbons (Fsp3) is 0.235. The van der Waals surface area contributed by atoms with E-state index in [0.717, 1.165) is 0 Å². The zero-order valence-corrected chi connectivity index (χ0v) is 15.6. The highest BCUT2D eigenvalue weighted by Gasteiger charge is 2.25. The number of phenolic OH excluding ortho intramolecular Hbond substituents is 1. The Morgan fingerprint density at radius 2 is 2.07 bits per heavy atom. The molecule has 0 unspecified atom stereocenters. The van der Waals surface area contributed by atoms with E-state index in [2.05, 4.69) is 20.8 Å². The molecule has 0 aliphatic rings. The van der Waals surface area contributed by atoms with Gasteiger partial charge in [-0.25, -0.2) is 9.78 Å². The van der Waals surface area contributed by atoms with Gasteiger partial charge in [-0.2, -0.15) is 0 Å². The first-order chi connectivity index (χ1) is 13.8. The van der Waals surface area contributed by atoms with Crippen molar-refractivity contribution in [3.63, 3.8) is 0 Å². The summed E-state index contributed by atoms with van der Waals surface area (Å²) in [6, 6.07) is 6.34. The number of phenols is 1. The predicted octanol–water partition coefficient (Wildman–Crippen LogP) is 2.52. The van der Waals surface area contributed by atoms with E-state index in [4.69, 9.17) is 10.5 Å². The Balaban J connectivity index is 2.37. The molecule has 12 nitrogen and oxygen atoms in total. The number of hydrogen-bond acceptors (Lipinski definition) is 10. The van der Waals surface area contributed by atoms with Gasteiger partial charge in [-0.1, -0.05) is 5.16 Å². The molecule has 0 spiro atoms. The van der Waals surface area contributed by atoms with Crippen LogP contribution in [0.3, 0.4) is 0 Å². The van der Waals surface area contributed by atoms with Gasteiger partial charge in [0.1, 0.15) is 23.0 Å². The van der Waals surface area contributed by atoms with Crippen LogP contribution >= 0.6 is 0 Å². The summed E-state index contributed by atoms with van der Waals surface area (Å²) < 4.78 is 4.75. The van der Waals surface area contributed by atoms with Crippen molar-refractivity contribution in [2.45, 2.75) is 19.9 Å². The molecule has 1 atom stereocenters. The van der Waals surface area contributed by atoms with Crippen LogP contribution in [0.1, 0.15) is 19.4 Å². The molecule has 154 valence electrons. The third kappa shape index (κ3) is 5.22. The van der Waals surface area contributed by atoms with Gasteiger partial charge in [-0.15, -0.1) is 0 Å². The molecular formula is C17H20N6O6. The van der Waals surface area contributed by atoms with E-state index in [9.17, 15) is 25.2 Å². The quantitative estimate of drug-likeness (QED) is 0.200. The summed E-state index contributed by atoms with van der Waals surface area (Å²) >= 11 is 0. The largest absolute Gasteiger partial charge is 0.508 e. The third-order valence-electron chi connectivity index (χ3n) is 3.76. The minimum atomic E-state index is -0.797. The molecule has 0 saturated heterocycles. The number of nitrogens with two attached hydrogens (primary N) is 1. The predicted molar refractivity (Wildman–Crippen MR) is 105 cm³/mol. The second-order valence-electron chi connectivity index (χ2n) is 5.79. The fourth-order valence-corrected chi connectivity index (χ4v) is 2.52.